The molecule has 19 heavy (non-hydrogen) atoms. The van der Waals surface area contributed by atoms with Gasteiger partial charge in [-0.25, -0.2) is 0 Å². The van der Waals surface area contributed by atoms with Crippen LogP contribution in [0.1, 0.15) is 38.1 Å². The van der Waals surface area contributed by atoms with Crippen LogP contribution in [0.2, 0.25) is 0 Å². The van der Waals surface area contributed by atoms with Crippen molar-refractivity contribution in [1.29, 1.82) is 0 Å². The van der Waals surface area contributed by atoms with E-state index >= 15 is 0 Å². The molecule has 0 radical (unpaired) electrons. The van der Waals surface area contributed by atoms with Gasteiger partial charge in [-0.2, -0.15) is 5.10 Å². The molecule has 0 saturated carbocycles. The Bertz CT molecular complexity index is 424. The Morgan fingerprint density at radius 2 is 2.16 bits per heavy atom. The Kier molecular flexibility index (Phi) is 4.50. The van der Waals surface area contributed by atoms with Crippen LogP contribution in [-0.4, -0.2) is 40.4 Å². The van der Waals surface area contributed by atoms with Crippen LogP contribution in [0.4, 0.5) is 5.69 Å². The highest BCUT2D eigenvalue weighted by Gasteiger charge is 2.25. The quantitative estimate of drug-likeness (QED) is 0.907. The van der Waals surface area contributed by atoms with E-state index in [1.807, 2.05) is 11.7 Å². The van der Waals surface area contributed by atoms with Crippen molar-refractivity contribution >= 4 is 5.69 Å². The van der Waals surface area contributed by atoms with E-state index in [9.17, 15) is 0 Å². The summed E-state index contributed by atoms with van der Waals surface area (Å²) in [5, 5.41) is 8.19. The number of nitrogens with one attached hydrogen (secondary N) is 1. The first-order valence-corrected chi connectivity index (χ1v) is 7.52. The summed E-state index contributed by atoms with van der Waals surface area (Å²) < 4.78 is 1.96. The lowest BCUT2D eigenvalue weighted by molar-refractivity contribution is 0.172. The van der Waals surface area contributed by atoms with Crippen LogP contribution in [0.25, 0.3) is 0 Å². The fraction of sp³-hybridized carbons (Fsp3) is 0.800. The van der Waals surface area contributed by atoms with E-state index in [1.165, 1.54) is 43.9 Å². The van der Waals surface area contributed by atoms with E-state index in [4.69, 9.17) is 0 Å². The molecule has 2 rings (SSSR count). The summed E-state index contributed by atoms with van der Waals surface area (Å²) in [5.41, 5.74) is 3.56. The zero-order chi connectivity index (χ0) is 14.0. The molecule has 4 heteroatoms. The maximum absolute atomic E-state index is 4.48. The molecule has 1 saturated heterocycles. The first-order chi connectivity index (χ1) is 9.02. The van der Waals surface area contributed by atoms with E-state index in [0.29, 0.717) is 6.04 Å². The van der Waals surface area contributed by atoms with Crippen LogP contribution in [0.3, 0.4) is 0 Å². The minimum atomic E-state index is 0.510. The maximum atomic E-state index is 4.48. The van der Waals surface area contributed by atoms with Crippen molar-refractivity contribution in [2.24, 2.45) is 13.0 Å². The largest absolute Gasteiger partial charge is 0.379 e. The summed E-state index contributed by atoms with van der Waals surface area (Å²) in [4.78, 5) is 2.56. The summed E-state index contributed by atoms with van der Waals surface area (Å²) in [7, 11) is 2.01. The maximum Gasteiger partial charge on any atom is 0.0827 e. The molecule has 0 bridgehead atoms. The number of piperidine rings is 1. The van der Waals surface area contributed by atoms with Crippen LogP contribution in [0.15, 0.2) is 0 Å². The van der Waals surface area contributed by atoms with Gasteiger partial charge in [-0.15, -0.1) is 0 Å². The fourth-order valence-electron chi connectivity index (χ4n) is 3.11. The van der Waals surface area contributed by atoms with E-state index in [2.05, 4.69) is 43.0 Å². The number of likely N-dealkylation sites (tertiary alicyclic amines) is 1. The summed E-state index contributed by atoms with van der Waals surface area (Å²) in [6.45, 7) is 12.5. The summed E-state index contributed by atoms with van der Waals surface area (Å²) in [6, 6.07) is 0.510. The second-order valence-electron chi connectivity index (χ2n) is 5.90. The van der Waals surface area contributed by atoms with Gasteiger partial charge in [-0.3, -0.25) is 4.68 Å². The minimum Gasteiger partial charge on any atom is -0.379 e. The third-order valence-corrected chi connectivity index (χ3v) is 4.58. The predicted molar refractivity (Wildman–Crippen MR) is 80.6 cm³/mol. The molecule has 2 unspecified atom stereocenters. The molecular weight excluding hydrogens is 236 g/mol. The number of aryl methyl sites for hydroxylation is 2. The molecule has 0 aliphatic carbocycles. The molecule has 0 amide bonds. The topological polar surface area (TPSA) is 33.1 Å². The van der Waals surface area contributed by atoms with Crippen LogP contribution in [0, 0.1) is 19.8 Å². The standard InChI is InChI=1S/C15H28N4/c1-6-19-9-7-8-14(10-19)11(2)16-15-12(3)17-18(5)13(15)4/h11,14,16H,6-10H2,1-5H3. The SMILES string of the molecule is CCN1CCCC(C(C)Nc2c(C)nn(C)c2C)C1. The monoisotopic (exact) mass is 264 g/mol. The average molecular weight is 264 g/mol. The molecule has 108 valence electrons. The first kappa shape index (κ1) is 14.4. The van der Waals surface area contributed by atoms with Crippen molar-refractivity contribution in [3.63, 3.8) is 0 Å². The van der Waals surface area contributed by atoms with Crippen molar-refractivity contribution in [1.82, 2.24) is 14.7 Å². The predicted octanol–water partition coefficient (Wildman–Crippen LogP) is 2.57. The van der Waals surface area contributed by atoms with Crippen molar-refractivity contribution in [3.8, 4) is 0 Å². The Balaban J connectivity index is 2.02. The van der Waals surface area contributed by atoms with Crippen LogP contribution < -0.4 is 5.32 Å². The lowest BCUT2D eigenvalue weighted by Crippen LogP contribution is -2.41. The lowest BCUT2D eigenvalue weighted by atomic mass is 9.91. The zero-order valence-electron chi connectivity index (χ0n) is 13.0. The molecule has 1 fully saturated rings. The van der Waals surface area contributed by atoms with Gasteiger partial charge in [0.05, 0.1) is 17.1 Å². The summed E-state index contributed by atoms with van der Waals surface area (Å²) in [5.74, 6) is 0.743. The van der Waals surface area contributed by atoms with E-state index < -0.39 is 0 Å². The van der Waals surface area contributed by atoms with Crippen LogP contribution >= 0.6 is 0 Å². The van der Waals surface area contributed by atoms with Gasteiger partial charge in [0.1, 0.15) is 0 Å². The molecule has 1 aromatic heterocycles. The van der Waals surface area contributed by atoms with Crippen molar-refractivity contribution in [2.75, 3.05) is 25.0 Å². The highest BCUT2D eigenvalue weighted by Crippen LogP contribution is 2.25. The van der Waals surface area contributed by atoms with E-state index in [1.54, 1.807) is 0 Å². The highest BCUT2D eigenvalue weighted by atomic mass is 15.3. The van der Waals surface area contributed by atoms with Crippen LogP contribution in [-0.2, 0) is 7.05 Å². The molecule has 1 aromatic rings. The smallest absolute Gasteiger partial charge is 0.0827 e. The second-order valence-corrected chi connectivity index (χ2v) is 5.90. The molecule has 2 heterocycles. The third kappa shape index (κ3) is 3.11. The molecule has 0 spiro atoms. The van der Waals surface area contributed by atoms with E-state index in [-0.39, 0.29) is 0 Å². The summed E-state index contributed by atoms with van der Waals surface area (Å²) in [6.07, 6.45) is 2.67. The zero-order valence-corrected chi connectivity index (χ0v) is 13.0. The highest BCUT2D eigenvalue weighted by molar-refractivity contribution is 5.52. The Morgan fingerprint density at radius 3 is 2.74 bits per heavy atom. The van der Waals surface area contributed by atoms with Gasteiger partial charge in [-0.05, 0) is 52.6 Å². The normalized spacial score (nSPS) is 22.5. The van der Waals surface area contributed by atoms with Crippen molar-refractivity contribution in [3.05, 3.63) is 11.4 Å². The van der Waals surface area contributed by atoms with Gasteiger partial charge in [0.15, 0.2) is 0 Å². The Hall–Kier alpha value is -1.03. The number of hydrogen-bond donors (Lipinski definition) is 1. The Labute approximate surface area is 117 Å². The van der Waals surface area contributed by atoms with Crippen molar-refractivity contribution in [2.45, 2.75) is 46.6 Å². The second kappa shape index (κ2) is 5.95. The number of anilines is 1. The molecule has 1 aliphatic rings. The van der Waals surface area contributed by atoms with Gasteiger partial charge in [-0.1, -0.05) is 6.92 Å². The molecule has 1 aliphatic heterocycles. The van der Waals surface area contributed by atoms with E-state index in [0.717, 1.165) is 11.6 Å². The third-order valence-electron chi connectivity index (χ3n) is 4.58. The number of aromatic nitrogens is 2. The number of hydrogen-bond acceptors (Lipinski definition) is 3. The molecule has 2 atom stereocenters. The average Bonchev–Trinajstić information content (AvgIpc) is 2.65. The number of nitrogens with zero attached hydrogens (tertiary/aromatic N) is 3. The molecular formula is C15H28N4. The van der Waals surface area contributed by atoms with Crippen molar-refractivity contribution < 1.29 is 0 Å². The lowest BCUT2D eigenvalue weighted by Gasteiger charge is -2.35. The molecule has 4 nitrogen and oxygen atoms in total. The minimum absolute atomic E-state index is 0.510. The van der Waals surface area contributed by atoms with Crippen LogP contribution in [0.5, 0.6) is 0 Å². The first-order valence-electron chi connectivity index (χ1n) is 7.52. The van der Waals surface area contributed by atoms with Gasteiger partial charge < -0.3 is 10.2 Å². The van der Waals surface area contributed by atoms with Gasteiger partial charge >= 0.3 is 0 Å². The van der Waals surface area contributed by atoms with Gasteiger partial charge in [0.2, 0.25) is 0 Å². The molecule has 0 aromatic carbocycles. The Morgan fingerprint density at radius 1 is 1.42 bits per heavy atom. The summed E-state index contributed by atoms with van der Waals surface area (Å²) >= 11 is 0. The number of rotatable bonds is 4. The fourth-order valence-corrected chi connectivity index (χ4v) is 3.11. The van der Waals surface area contributed by atoms with Gasteiger partial charge in [0.25, 0.3) is 0 Å². The molecule has 1 N–H and O–H groups in total. The van der Waals surface area contributed by atoms with Gasteiger partial charge in [0, 0.05) is 19.6 Å².